The fraction of sp³-hybridized carbons (Fsp3) is 0.933. The Balaban J connectivity index is 1.60. The first-order valence-corrected chi connectivity index (χ1v) is 7.51. The average molecular weight is 290 g/mol. The quantitative estimate of drug-likeness (QED) is 0.736. The van der Waals surface area contributed by atoms with E-state index in [0.717, 1.165) is 26.2 Å². The lowest BCUT2D eigenvalue weighted by atomic mass is 9.50. The number of esters is 1. The number of carbonyl (C=O) groups is 1. The first kappa shape index (κ1) is 14.2. The van der Waals surface area contributed by atoms with Crippen LogP contribution in [0.2, 0.25) is 0 Å². The van der Waals surface area contributed by atoms with Crippen molar-refractivity contribution in [3.05, 3.63) is 0 Å². The van der Waals surface area contributed by atoms with Gasteiger partial charge in [-0.2, -0.15) is 13.2 Å². The van der Waals surface area contributed by atoms with E-state index < -0.39 is 18.1 Å². The van der Waals surface area contributed by atoms with Gasteiger partial charge in [0.2, 0.25) is 0 Å². The minimum Gasteiger partial charge on any atom is -0.465 e. The molecule has 0 aromatic heterocycles. The third kappa shape index (κ3) is 2.56. The van der Waals surface area contributed by atoms with Crippen LogP contribution >= 0.6 is 0 Å². The minimum absolute atomic E-state index is 0.0181. The van der Waals surface area contributed by atoms with Gasteiger partial charge >= 0.3 is 12.1 Å². The molecule has 4 saturated carbocycles. The molecular formula is C15H21F3O2. The second-order valence-corrected chi connectivity index (χ2v) is 7.29. The van der Waals surface area contributed by atoms with Gasteiger partial charge in [-0.15, -0.1) is 0 Å². The predicted molar refractivity (Wildman–Crippen MR) is 66.8 cm³/mol. The maximum absolute atomic E-state index is 12.5. The highest BCUT2D eigenvalue weighted by Gasteiger charge is 2.52. The van der Waals surface area contributed by atoms with Gasteiger partial charge < -0.3 is 4.74 Å². The van der Waals surface area contributed by atoms with Crippen LogP contribution in [0.5, 0.6) is 0 Å². The van der Waals surface area contributed by atoms with Crippen molar-refractivity contribution in [2.45, 2.75) is 51.6 Å². The highest BCUT2D eigenvalue weighted by atomic mass is 19.4. The zero-order chi connectivity index (χ0) is 14.5. The van der Waals surface area contributed by atoms with Crippen molar-refractivity contribution >= 4 is 5.97 Å². The Kier molecular flexibility index (Phi) is 3.29. The maximum atomic E-state index is 12.5. The Labute approximate surface area is 117 Å². The summed E-state index contributed by atoms with van der Waals surface area (Å²) in [7, 11) is 0. The Hall–Kier alpha value is -0.740. The number of rotatable bonds is 3. The van der Waals surface area contributed by atoms with Crippen LogP contribution in [-0.2, 0) is 9.53 Å². The van der Waals surface area contributed by atoms with Crippen LogP contribution in [0.1, 0.15) is 45.4 Å². The molecule has 114 valence electrons. The van der Waals surface area contributed by atoms with E-state index in [1.807, 2.05) is 0 Å². The van der Waals surface area contributed by atoms with E-state index in [2.05, 4.69) is 0 Å². The molecule has 2 nitrogen and oxygen atoms in total. The van der Waals surface area contributed by atoms with Crippen molar-refractivity contribution in [2.75, 3.05) is 6.61 Å². The largest absolute Gasteiger partial charge is 0.465 e. The highest BCUT2D eigenvalue weighted by Crippen LogP contribution is 2.60. The van der Waals surface area contributed by atoms with Crippen LogP contribution in [0.15, 0.2) is 0 Å². The van der Waals surface area contributed by atoms with Gasteiger partial charge in [-0.25, -0.2) is 0 Å². The monoisotopic (exact) mass is 290 g/mol. The van der Waals surface area contributed by atoms with Gasteiger partial charge in [-0.3, -0.25) is 4.79 Å². The molecule has 5 heteroatoms. The molecule has 0 spiro atoms. The normalized spacial score (nSPS) is 40.7. The summed E-state index contributed by atoms with van der Waals surface area (Å²) < 4.78 is 42.5. The predicted octanol–water partition coefficient (Wildman–Crippen LogP) is 3.94. The standard InChI is InChI=1S/C15H21F3O2/c1-9(15(16,17)18)13(19)20-8-14-5-10-2-11(6-14)4-12(3-10)7-14/h9-12H,2-8H2,1H3. The van der Waals surface area contributed by atoms with Crippen LogP contribution in [0, 0.1) is 29.1 Å². The first-order valence-electron chi connectivity index (χ1n) is 7.51. The van der Waals surface area contributed by atoms with E-state index in [1.54, 1.807) is 0 Å². The van der Waals surface area contributed by atoms with Crippen LogP contribution in [0.3, 0.4) is 0 Å². The third-order valence-electron chi connectivity index (χ3n) is 5.53. The summed E-state index contributed by atoms with van der Waals surface area (Å²) in [6.07, 6.45) is 2.41. The topological polar surface area (TPSA) is 26.3 Å². The van der Waals surface area contributed by atoms with E-state index in [4.69, 9.17) is 4.74 Å². The zero-order valence-electron chi connectivity index (χ0n) is 11.7. The Morgan fingerprint density at radius 1 is 1.15 bits per heavy atom. The summed E-state index contributed by atoms with van der Waals surface area (Å²) in [6, 6.07) is 0. The van der Waals surface area contributed by atoms with Gasteiger partial charge in [0.05, 0.1) is 6.61 Å². The lowest BCUT2D eigenvalue weighted by Gasteiger charge is -2.56. The van der Waals surface area contributed by atoms with Crippen molar-refractivity contribution in [1.82, 2.24) is 0 Å². The molecule has 1 unspecified atom stereocenters. The Morgan fingerprint density at radius 2 is 1.60 bits per heavy atom. The summed E-state index contributed by atoms with van der Waals surface area (Å²) >= 11 is 0. The van der Waals surface area contributed by atoms with Gasteiger partial charge in [0.25, 0.3) is 0 Å². The average Bonchev–Trinajstić information content (AvgIpc) is 2.32. The van der Waals surface area contributed by atoms with Gasteiger partial charge in [0.1, 0.15) is 5.92 Å². The molecule has 4 fully saturated rings. The van der Waals surface area contributed by atoms with Gasteiger partial charge in [0, 0.05) is 5.41 Å². The van der Waals surface area contributed by atoms with Crippen LogP contribution in [-0.4, -0.2) is 18.8 Å². The molecule has 0 N–H and O–H groups in total. The number of alkyl halides is 3. The van der Waals surface area contributed by atoms with Crippen molar-refractivity contribution in [1.29, 1.82) is 0 Å². The van der Waals surface area contributed by atoms with E-state index in [1.165, 1.54) is 19.3 Å². The third-order valence-corrected chi connectivity index (χ3v) is 5.53. The molecule has 1 atom stereocenters. The summed E-state index contributed by atoms with van der Waals surface area (Å²) in [6.45, 7) is 1.07. The minimum atomic E-state index is -4.50. The SMILES string of the molecule is CC(C(=O)OCC12CC3CC(CC(C3)C1)C2)C(F)(F)F. The molecule has 0 radical (unpaired) electrons. The molecule has 4 rings (SSSR count). The summed E-state index contributed by atoms with van der Waals surface area (Å²) in [4.78, 5) is 11.5. The van der Waals surface area contributed by atoms with Crippen molar-refractivity contribution < 1.29 is 22.7 Å². The first-order chi connectivity index (χ1) is 9.27. The molecule has 0 heterocycles. The second kappa shape index (κ2) is 4.63. The number of halogens is 3. The van der Waals surface area contributed by atoms with Gasteiger partial charge in [-0.1, -0.05) is 0 Å². The molecule has 4 aliphatic carbocycles. The van der Waals surface area contributed by atoms with E-state index >= 15 is 0 Å². The molecule has 0 amide bonds. The Bertz CT molecular complexity index is 367. The fourth-order valence-corrected chi connectivity index (χ4v) is 4.95. The second-order valence-electron chi connectivity index (χ2n) is 7.29. The summed E-state index contributed by atoms with van der Waals surface area (Å²) in [5, 5.41) is 0. The van der Waals surface area contributed by atoms with E-state index in [9.17, 15) is 18.0 Å². The molecule has 0 aromatic rings. The lowest BCUT2D eigenvalue weighted by molar-refractivity contribution is -0.199. The molecule has 0 aromatic carbocycles. The Morgan fingerprint density at radius 3 is 2.00 bits per heavy atom. The van der Waals surface area contributed by atoms with E-state index in [-0.39, 0.29) is 12.0 Å². The number of ether oxygens (including phenoxy) is 1. The maximum Gasteiger partial charge on any atom is 0.401 e. The van der Waals surface area contributed by atoms with Gasteiger partial charge in [0.15, 0.2) is 0 Å². The van der Waals surface area contributed by atoms with Crippen molar-refractivity contribution in [3.63, 3.8) is 0 Å². The fourth-order valence-electron chi connectivity index (χ4n) is 4.95. The van der Waals surface area contributed by atoms with E-state index in [0.29, 0.717) is 17.8 Å². The molecule has 0 saturated heterocycles. The summed E-state index contributed by atoms with van der Waals surface area (Å²) in [5.74, 6) is -1.01. The smallest absolute Gasteiger partial charge is 0.401 e. The van der Waals surface area contributed by atoms with Crippen LogP contribution in [0.25, 0.3) is 0 Å². The van der Waals surface area contributed by atoms with Crippen LogP contribution in [0.4, 0.5) is 13.2 Å². The number of carbonyl (C=O) groups excluding carboxylic acids is 1. The molecule has 20 heavy (non-hydrogen) atoms. The van der Waals surface area contributed by atoms with Crippen molar-refractivity contribution in [3.8, 4) is 0 Å². The lowest BCUT2D eigenvalue weighted by Crippen LogP contribution is -2.48. The number of hydrogen-bond acceptors (Lipinski definition) is 2. The molecule has 4 bridgehead atoms. The van der Waals surface area contributed by atoms with Crippen LogP contribution < -0.4 is 0 Å². The number of hydrogen-bond donors (Lipinski definition) is 0. The molecule has 0 aliphatic heterocycles. The highest BCUT2D eigenvalue weighted by molar-refractivity contribution is 5.72. The molecular weight excluding hydrogens is 269 g/mol. The zero-order valence-corrected chi connectivity index (χ0v) is 11.7. The summed E-state index contributed by atoms with van der Waals surface area (Å²) in [5.41, 5.74) is -0.0181. The van der Waals surface area contributed by atoms with Crippen molar-refractivity contribution in [2.24, 2.45) is 29.1 Å². The van der Waals surface area contributed by atoms with Gasteiger partial charge in [-0.05, 0) is 63.2 Å². The molecule has 4 aliphatic rings.